The topological polar surface area (TPSA) is 110 Å². The third-order valence-electron chi connectivity index (χ3n) is 3.44. The molecule has 7 heteroatoms. The van der Waals surface area contributed by atoms with Crippen molar-refractivity contribution in [3.8, 4) is 0 Å². The van der Waals surface area contributed by atoms with Gasteiger partial charge in [-0.3, -0.25) is 14.9 Å². The number of hydrogen-bond donors (Lipinski definition) is 2. The van der Waals surface area contributed by atoms with E-state index in [1.165, 1.54) is 12.1 Å². The first-order chi connectivity index (χ1) is 9.97. The molecule has 0 bridgehead atoms. The van der Waals surface area contributed by atoms with Crippen LogP contribution in [0.15, 0.2) is 24.3 Å². The lowest BCUT2D eigenvalue weighted by atomic mass is 10.1. The Hall–Kier alpha value is -2.44. The smallest absolute Gasteiger partial charge is 0.326 e. The molecule has 1 atom stereocenters. The molecule has 1 fully saturated rings. The molecule has 1 aromatic carbocycles. The molecule has 21 heavy (non-hydrogen) atoms. The Labute approximate surface area is 121 Å². The lowest BCUT2D eigenvalue weighted by Gasteiger charge is -2.13. The SMILES string of the molecule is O=C(CCc1cccc([N+](=O)[O-])c1)NC(C(=O)O)C1CC1. The van der Waals surface area contributed by atoms with E-state index in [0.29, 0.717) is 12.0 Å². The van der Waals surface area contributed by atoms with E-state index in [-0.39, 0.29) is 23.9 Å². The van der Waals surface area contributed by atoms with Crippen LogP contribution < -0.4 is 5.32 Å². The Kier molecular flexibility index (Phi) is 4.52. The van der Waals surface area contributed by atoms with Crippen LogP contribution in [0.25, 0.3) is 0 Å². The first-order valence-electron chi connectivity index (χ1n) is 6.73. The van der Waals surface area contributed by atoms with Crippen molar-refractivity contribution < 1.29 is 19.6 Å². The fourth-order valence-electron chi connectivity index (χ4n) is 2.14. The van der Waals surface area contributed by atoms with Crippen LogP contribution in [-0.2, 0) is 16.0 Å². The molecule has 1 aromatic rings. The Bertz CT molecular complexity index is 568. The normalized spacial score (nSPS) is 15.2. The summed E-state index contributed by atoms with van der Waals surface area (Å²) in [6, 6.07) is 5.26. The summed E-state index contributed by atoms with van der Waals surface area (Å²) in [5, 5.41) is 22.2. The molecule has 112 valence electrons. The Morgan fingerprint density at radius 1 is 1.43 bits per heavy atom. The number of aliphatic carboxylic acids is 1. The highest BCUT2D eigenvalue weighted by atomic mass is 16.6. The van der Waals surface area contributed by atoms with Gasteiger partial charge < -0.3 is 10.4 Å². The second kappa shape index (κ2) is 6.34. The van der Waals surface area contributed by atoms with Gasteiger partial charge in [-0.2, -0.15) is 0 Å². The van der Waals surface area contributed by atoms with E-state index in [1.54, 1.807) is 12.1 Å². The highest BCUT2D eigenvalue weighted by Crippen LogP contribution is 2.32. The van der Waals surface area contributed by atoms with Crippen LogP contribution in [0, 0.1) is 16.0 Å². The number of nitrogens with zero attached hydrogens (tertiary/aromatic N) is 1. The van der Waals surface area contributed by atoms with Gasteiger partial charge in [0.05, 0.1) is 4.92 Å². The second-order valence-corrected chi connectivity index (χ2v) is 5.15. The van der Waals surface area contributed by atoms with Crippen molar-refractivity contribution in [1.29, 1.82) is 0 Å². The third kappa shape index (κ3) is 4.27. The van der Waals surface area contributed by atoms with Gasteiger partial charge in [0.25, 0.3) is 5.69 Å². The quantitative estimate of drug-likeness (QED) is 0.584. The number of rotatable bonds is 7. The molecule has 1 saturated carbocycles. The van der Waals surface area contributed by atoms with E-state index in [0.717, 1.165) is 12.8 Å². The minimum atomic E-state index is -1.01. The number of nitro groups is 1. The molecule has 1 aliphatic rings. The van der Waals surface area contributed by atoms with E-state index >= 15 is 0 Å². The highest BCUT2D eigenvalue weighted by molar-refractivity contribution is 5.84. The van der Waals surface area contributed by atoms with E-state index in [2.05, 4.69) is 5.32 Å². The van der Waals surface area contributed by atoms with Crippen LogP contribution in [0.4, 0.5) is 5.69 Å². The average molecular weight is 292 g/mol. The van der Waals surface area contributed by atoms with Gasteiger partial charge in [-0.25, -0.2) is 4.79 Å². The summed E-state index contributed by atoms with van der Waals surface area (Å²) >= 11 is 0. The lowest BCUT2D eigenvalue weighted by Crippen LogP contribution is -2.42. The minimum absolute atomic E-state index is 0.0192. The van der Waals surface area contributed by atoms with Crippen LogP contribution in [0.2, 0.25) is 0 Å². The number of hydrogen-bond acceptors (Lipinski definition) is 4. The van der Waals surface area contributed by atoms with Gasteiger partial charge in [-0.15, -0.1) is 0 Å². The molecule has 1 unspecified atom stereocenters. The fourth-order valence-corrected chi connectivity index (χ4v) is 2.14. The fraction of sp³-hybridized carbons (Fsp3) is 0.429. The summed E-state index contributed by atoms with van der Waals surface area (Å²) < 4.78 is 0. The largest absolute Gasteiger partial charge is 0.480 e. The molecule has 0 spiro atoms. The molecule has 0 aromatic heterocycles. The van der Waals surface area contributed by atoms with Crippen molar-refractivity contribution in [3.63, 3.8) is 0 Å². The molecule has 1 aliphatic carbocycles. The number of nitro benzene ring substituents is 1. The summed E-state index contributed by atoms with van der Waals surface area (Å²) in [6.07, 6.45) is 2.09. The lowest BCUT2D eigenvalue weighted by molar-refractivity contribution is -0.384. The van der Waals surface area contributed by atoms with E-state index in [4.69, 9.17) is 5.11 Å². The number of non-ortho nitro benzene ring substituents is 1. The molecule has 2 N–H and O–H groups in total. The van der Waals surface area contributed by atoms with Gasteiger partial charge in [0.1, 0.15) is 6.04 Å². The zero-order valence-electron chi connectivity index (χ0n) is 11.3. The number of benzene rings is 1. The number of carboxylic acid groups (broad SMARTS) is 1. The van der Waals surface area contributed by atoms with Crippen molar-refractivity contribution in [1.82, 2.24) is 5.32 Å². The minimum Gasteiger partial charge on any atom is -0.480 e. The maximum absolute atomic E-state index is 11.8. The number of carboxylic acids is 1. The van der Waals surface area contributed by atoms with Crippen molar-refractivity contribution >= 4 is 17.6 Å². The van der Waals surface area contributed by atoms with Crippen molar-refractivity contribution in [2.24, 2.45) is 5.92 Å². The van der Waals surface area contributed by atoms with E-state index in [9.17, 15) is 19.7 Å². The Morgan fingerprint density at radius 3 is 2.71 bits per heavy atom. The molecule has 0 saturated heterocycles. The highest BCUT2D eigenvalue weighted by Gasteiger charge is 2.37. The third-order valence-corrected chi connectivity index (χ3v) is 3.44. The zero-order chi connectivity index (χ0) is 15.4. The zero-order valence-corrected chi connectivity index (χ0v) is 11.3. The van der Waals surface area contributed by atoms with Crippen LogP contribution in [0.3, 0.4) is 0 Å². The van der Waals surface area contributed by atoms with Gasteiger partial charge in [0, 0.05) is 18.6 Å². The van der Waals surface area contributed by atoms with Gasteiger partial charge in [-0.05, 0) is 30.7 Å². The number of carbonyl (C=O) groups excluding carboxylic acids is 1. The van der Waals surface area contributed by atoms with Crippen LogP contribution in [-0.4, -0.2) is 27.9 Å². The van der Waals surface area contributed by atoms with Crippen LogP contribution in [0.5, 0.6) is 0 Å². The van der Waals surface area contributed by atoms with Crippen LogP contribution in [0.1, 0.15) is 24.8 Å². The first kappa shape index (κ1) is 15.0. The summed E-state index contributed by atoms with van der Waals surface area (Å²) in [7, 11) is 0. The van der Waals surface area contributed by atoms with Crippen LogP contribution >= 0.6 is 0 Å². The Balaban J connectivity index is 1.87. The van der Waals surface area contributed by atoms with Crippen molar-refractivity contribution in [3.05, 3.63) is 39.9 Å². The van der Waals surface area contributed by atoms with Crippen molar-refractivity contribution in [2.75, 3.05) is 0 Å². The predicted molar refractivity (Wildman–Crippen MR) is 73.7 cm³/mol. The van der Waals surface area contributed by atoms with Gasteiger partial charge in [0.15, 0.2) is 0 Å². The van der Waals surface area contributed by atoms with Crippen molar-refractivity contribution in [2.45, 2.75) is 31.7 Å². The molecule has 1 amide bonds. The van der Waals surface area contributed by atoms with Gasteiger partial charge in [0.2, 0.25) is 5.91 Å². The summed E-state index contributed by atoms with van der Waals surface area (Å²) in [6.45, 7) is 0. The van der Waals surface area contributed by atoms with E-state index < -0.39 is 16.9 Å². The molecule has 0 heterocycles. The predicted octanol–water partition coefficient (Wildman–Crippen LogP) is 1.51. The maximum Gasteiger partial charge on any atom is 0.326 e. The number of aryl methyl sites for hydroxylation is 1. The van der Waals surface area contributed by atoms with Gasteiger partial charge in [-0.1, -0.05) is 12.1 Å². The average Bonchev–Trinajstić information content (AvgIpc) is 3.27. The maximum atomic E-state index is 11.8. The molecule has 2 rings (SSSR count). The van der Waals surface area contributed by atoms with E-state index in [1.807, 2.05) is 0 Å². The summed E-state index contributed by atoms with van der Waals surface area (Å²) in [4.78, 5) is 33.0. The number of carbonyl (C=O) groups is 2. The number of amides is 1. The molecule has 7 nitrogen and oxygen atoms in total. The first-order valence-corrected chi connectivity index (χ1v) is 6.73. The van der Waals surface area contributed by atoms with Gasteiger partial charge >= 0.3 is 5.97 Å². The molecular weight excluding hydrogens is 276 g/mol. The summed E-state index contributed by atoms with van der Waals surface area (Å²) in [5.41, 5.74) is 0.659. The molecular formula is C14H16N2O5. The standard InChI is InChI=1S/C14H16N2O5/c17-12(15-13(14(18)19)10-5-6-10)7-4-9-2-1-3-11(8-9)16(20)21/h1-3,8,10,13H,4-7H2,(H,15,17)(H,18,19). The monoisotopic (exact) mass is 292 g/mol. The second-order valence-electron chi connectivity index (χ2n) is 5.15. The molecule has 0 radical (unpaired) electrons. The number of nitrogens with one attached hydrogen (secondary N) is 1. The summed E-state index contributed by atoms with van der Waals surface area (Å²) in [5.74, 6) is -1.33. The Morgan fingerprint density at radius 2 is 2.14 bits per heavy atom. The molecule has 0 aliphatic heterocycles.